The third kappa shape index (κ3) is 4.09. The number of benzene rings is 2. The molecule has 1 amide bonds. The third-order valence-corrected chi connectivity index (χ3v) is 3.62. The van der Waals surface area contributed by atoms with Crippen molar-refractivity contribution in [1.82, 2.24) is 4.98 Å². The van der Waals surface area contributed by atoms with E-state index < -0.39 is 17.5 Å². The van der Waals surface area contributed by atoms with Crippen LogP contribution in [0.1, 0.15) is 17.5 Å². The number of alkyl halides is 3. The molecule has 5 nitrogen and oxygen atoms in total. The molecule has 0 bridgehead atoms. The maximum absolute atomic E-state index is 12.5. The number of H-pyrrole nitrogens is 1. The summed E-state index contributed by atoms with van der Waals surface area (Å²) in [5, 5.41) is 2.55. The SMILES string of the molecule is O=C(CCc1ccc2oc(=O)[nH]c2c1)Nc1ccc(C(F)(F)F)cc1. The molecule has 0 radical (unpaired) electrons. The molecular weight excluding hydrogens is 337 g/mol. The van der Waals surface area contributed by atoms with Crippen molar-refractivity contribution in [2.45, 2.75) is 19.0 Å². The van der Waals surface area contributed by atoms with Crippen molar-refractivity contribution in [3.63, 3.8) is 0 Å². The van der Waals surface area contributed by atoms with Gasteiger partial charge in [-0.15, -0.1) is 0 Å². The average Bonchev–Trinajstić information content (AvgIpc) is 2.92. The van der Waals surface area contributed by atoms with Gasteiger partial charge in [0.1, 0.15) is 0 Å². The highest BCUT2D eigenvalue weighted by Crippen LogP contribution is 2.29. The number of oxazole rings is 1. The number of anilines is 1. The maximum Gasteiger partial charge on any atom is 0.417 e. The topological polar surface area (TPSA) is 75.1 Å². The number of halogens is 3. The molecule has 1 heterocycles. The highest BCUT2D eigenvalue weighted by Gasteiger charge is 2.29. The number of aryl methyl sites for hydroxylation is 1. The Hall–Kier alpha value is -3.03. The molecule has 0 saturated carbocycles. The number of rotatable bonds is 4. The number of hydrogen-bond acceptors (Lipinski definition) is 3. The van der Waals surface area contributed by atoms with Crippen LogP contribution in [-0.2, 0) is 17.4 Å². The molecule has 130 valence electrons. The van der Waals surface area contributed by atoms with E-state index in [0.717, 1.165) is 17.7 Å². The van der Waals surface area contributed by atoms with Crippen LogP contribution < -0.4 is 11.1 Å². The van der Waals surface area contributed by atoms with Crippen molar-refractivity contribution in [2.75, 3.05) is 5.32 Å². The number of amides is 1. The first-order valence-corrected chi connectivity index (χ1v) is 7.40. The molecule has 3 aromatic rings. The summed E-state index contributed by atoms with van der Waals surface area (Å²) in [5.41, 5.74) is 1.33. The summed E-state index contributed by atoms with van der Waals surface area (Å²) in [4.78, 5) is 25.6. The van der Waals surface area contributed by atoms with Crippen LogP contribution in [0.15, 0.2) is 51.7 Å². The van der Waals surface area contributed by atoms with Crippen molar-refractivity contribution < 1.29 is 22.4 Å². The summed E-state index contributed by atoms with van der Waals surface area (Å²) in [6, 6.07) is 9.34. The van der Waals surface area contributed by atoms with Crippen molar-refractivity contribution in [1.29, 1.82) is 0 Å². The van der Waals surface area contributed by atoms with Gasteiger partial charge in [0, 0.05) is 12.1 Å². The smallest absolute Gasteiger partial charge is 0.408 e. The molecule has 2 N–H and O–H groups in total. The second-order valence-corrected chi connectivity index (χ2v) is 5.47. The number of aromatic amines is 1. The summed E-state index contributed by atoms with van der Waals surface area (Å²) >= 11 is 0. The first kappa shape index (κ1) is 16.8. The maximum atomic E-state index is 12.5. The Morgan fingerprint density at radius 1 is 1.12 bits per heavy atom. The molecule has 2 aromatic carbocycles. The van der Waals surface area contributed by atoms with E-state index in [9.17, 15) is 22.8 Å². The van der Waals surface area contributed by atoms with Gasteiger partial charge in [0.05, 0.1) is 11.1 Å². The van der Waals surface area contributed by atoms with E-state index in [0.29, 0.717) is 23.2 Å². The molecule has 1 aromatic heterocycles. The molecule has 3 rings (SSSR count). The molecule has 0 saturated heterocycles. The molecule has 8 heteroatoms. The van der Waals surface area contributed by atoms with Crippen LogP contribution >= 0.6 is 0 Å². The highest BCUT2D eigenvalue weighted by molar-refractivity contribution is 5.90. The average molecular weight is 350 g/mol. The summed E-state index contributed by atoms with van der Waals surface area (Å²) in [6.07, 6.45) is -3.85. The molecule has 0 spiro atoms. The molecule has 25 heavy (non-hydrogen) atoms. The predicted molar refractivity (Wildman–Crippen MR) is 85.2 cm³/mol. The van der Waals surface area contributed by atoms with Crippen LogP contribution in [0.5, 0.6) is 0 Å². The van der Waals surface area contributed by atoms with Gasteiger partial charge in [-0.1, -0.05) is 6.07 Å². The lowest BCUT2D eigenvalue weighted by Gasteiger charge is -2.09. The van der Waals surface area contributed by atoms with Crippen molar-refractivity contribution in [2.24, 2.45) is 0 Å². The minimum absolute atomic E-state index is 0.147. The molecule has 0 unspecified atom stereocenters. The Morgan fingerprint density at radius 2 is 1.84 bits per heavy atom. The highest BCUT2D eigenvalue weighted by atomic mass is 19.4. The first-order valence-electron chi connectivity index (χ1n) is 7.40. The minimum Gasteiger partial charge on any atom is -0.408 e. The molecule has 0 aliphatic heterocycles. The lowest BCUT2D eigenvalue weighted by molar-refractivity contribution is -0.137. The Morgan fingerprint density at radius 3 is 2.52 bits per heavy atom. The fourth-order valence-electron chi connectivity index (χ4n) is 2.38. The second kappa shape index (κ2) is 6.46. The van der Waals surface area contributed by atoms with Crippen molar-refractivity contribution >= 4 is 22.7 Å². The van der Waals surface area contributed by atoms with Gasteiger partial charge in [0.2, 0.25) is 5.91 Å². The van der Waals surface area contributed by atoms with Gasteiger partial charge >= 0.3 is 11.9 Å². The van der Waals surface area contributed by atoms with E-state index in [1.807, 2.05) is 0 Å². The zero-order valence-electron chi connectivity index (χ0n) is 12.8. The Balaban J connectivity index is 1.59. The number of carbonyl (C=O) groups excluding carboxylic acids is 1. The van der Waals surface area contributed by atoms with Crippen LogP contribution in [0.2, 0.25) is 0 Å². The van der Waals surface area contributed by atoms with Crippen LogP contribution in [0, 0.1) is 0 Å². The van der Waals surface area contributed by atoms with Crippen molar-refractivity contribution in [3.05, 3.63) is 64.1 Å². The number of hydrogen-bond donors (Lipinski definition) is 2. The summed E-state index contributed by atoms with van der Waals surface area (Å²) in [6.45, 7) is 0. The summed E-state index contributed by atoms with van der Waals surface area (Å²) < 4.78 is 42.4. The molecule has 0 aliphatic rings. The van der Waals surface area contributed by atoms with E-state index in [1.165, 1.54) is 12.1 Å². The number of nitrogens with one attached hydrogen (secondary N) is 2. The normalized spacial score (nSPS) is 11.6. The minimum atomic E-state index is -4.41. The van der Waals surface area contributed by atoms with Crippen LogP contribution in [-0.4, -0.2) is 10.9 Å². The largest absolute Gasteiger partial charge is 0.417 e. The van der Waals surface area contributed by atoms with Crippen molar-refractivity contribution in [3.8, 4) is 0 Å². The van der Waals surface area contributed by atoms with Gasteiger partial charge in [0.15, 0.2) is 5.58 Å². The van der Waals surface area contributed by atoms with E-state index in [-0.39, 0.29) is 12.3 Å². The van der Waals surface area contributed by atoms with E-state index >= 15 is 0 Å². The lowest BCUT2D eigenvalue weighted by atomic mass is 10.1. The van der Waals surface area contributed by atoms with Crippen LogP contribution in [0.3, 0.4) is 0 Å². The fraction of sp³-hybridized carbons (Fsp3) is 0.176. The number of fused-ring (bicyclic) bond motifs is 1. The summed E-state index contributed by atoms with van der Waals surface area (Å²) in [7, 11) is 0. The standard InChI is InChI=1S/C17H13F3N2O3/c18-17(19,20)11-3-5-12(6-4-11)21-15(23)8-2-10-1-7-14-13(9-10)22-16(24)25-14/h1,3-7,9H,2,8H2,(H,21,23)(H,22,24). The molecular formula is C17H13F3N2O3. The monoisotopic (exact) mass is 350 g/mol. The predicted octanol–water partition coefficient (Wildman–Crippen LogP) is 3.71. The summed E-state index contributed by atoms with van der Waals surface area (Å²) in [5.74, 6) is -0.868. The van der Waals surface area contributed by atoms with Crippen LogP contribution in [0.25, 0.3) is 11.1 Å². The Labute approximate surface area is 139 Å². The van der Waals surface area contributed by atoms with Gasteiger partial charge in [-0.25, -0.2) is 4.79 Å². The van der Waals surface area contributed by atoms with Crippen LogP contribution in [0.4, 0.5) is 18.9 Å². The second-order valence-electron chi connectivity index (χ2n) is 5.47. The van der Waals surface area contributed by atoms with E-state index in [4.69, 9.17) is 4.42 Å². The quantitative estimate of drug-likeness (QED) is 0.753. The Bertz CT molecular complexity index is 956. The Kier molecular flexibility index (Phi) is 4.35. The lowest BCUT2D eigenvalue weighted by Crippen LogP contribution is -2.12. The molecule has 0 fully saturated rings. The zero-order chi connectivity index (χ0) is 18.0. The van der Waals surface area contributed by atoms with Gasteiger partial charge in [-0.2, -0.15) is 13.2 Å². The fourth-order valence-corrected chi connectivity index (χ4v) is 2.38. The first-order chi connectivity index (χ1) is 11.8. The van der Waals surface area contributed by atoms with E-state index in [2.05, 4.69) is 10.3 Å². The van der Waals surface area contributed by atoms with Gasteiger partial charge in [-0.05, 0) is 48.4 Å². The molecule has 0 atom stereocenters. The van der Waals surface area contributed by atoms with Gasteiger partial charge in [-0.3, -0.25) is 9.78 Å². The molecule has 0 aliphatic carbocycles. The number of carbonyl (C=O) groups is 1. The van der Waals surface area contributed by atoms with Gasteiger partial charge in [0.25, 0.3) is 0 Å². The van der Waals surface area contributed by atoms with Gasteiger partial charge < -0.3 is 9.73 Å². The zero-order valence-corrected chi connectivity index (χ0v) is 12.8. The number of aromatic nitrogens is 1. The van der Waals surface area contributed by atoms with E-state index in [1.54, 1.807) is 18.2 Å². The third-order valence-electron chi connectivity index (χ3n) is 3.62.